The van der Waals surface area contributed by atoms with E-state index in [4.69, 9.17) is 4.74 Å². The van der Waals surface area contributed by atoms with Crippen LogP contribution in [-0.4, -0.2) is 58.4 Å². The summed E-state index contributed by atoms with van der Waals surface area (Å²) in [6.45, 7) is 4.37. The van der Waals surface area contributed by atoms with E-state index in [2.05, 4.69) is 85.3 Å². The van der Waals surface area contributed by atoms with Gasteiger partial charge in [0, 0.05) is 42.3 Å². The van der Waals surface area contributed by atoms with Crippen LogP contribution in [0.3, 0.4) is 0 Å². The molecule has 0 amide bonds. The van der Waals surface area contributed by atoms with Crippen LogP contribution in [0, 0.1) is 0 Å². The molecule has 5 rings (SSSR count). The number of para-hydroxylation sites is 2. The van der Waals surface area contributed by atoms with Gasteiger partial charge in [-0.15, -0.1) is 16.4 Å². The van der Waals surface area contributed by atoms with E-state index in [1.54, 1.807) is 18.4 Å². The van der Waals surface area contributed by atoms with Crippen LogP contribution in [0.1, 0.15) is 22.3 Å². The van der Waals surface area contributed by atoms with E-state index in [0.717, 1.165) is 43.3 Å². The number of tetrazole rings is 1. The number of anilines is 1. The molecule has 0 saturated carbocycles. The van der Waals surface area contributed by atoms with Crippen LogP contribution in [0.4, 0.5) is 5.69 Å². The van der Waals surface area contributed by atoms with Gasteiger partial charge in [0.15, 0.2) is 5.82 Å². The minimum atomic E-state index is -0.0842. The lowest BCUT2D eigenvalue weighted by molar-refractivity contribution is 0.198. The number of nitrogens with zero attached hydrogens (tertiary/aromatic N) is 6. The zero-order chi connectivity index (χ0) is 21.8. The average Bonchev–Trinajstić information content (AvgIpc) is 3.54. The Labute approximate surface area is 191 Å². The van der Waals surface area contributed by atoms with Crippen LogP contribution < -0.4 is 9.64 Å². The van der Waals surface area contributed by atoms with Gasteiger partial charge >= 0.3 is 0 Å². The SMILES string of the molecule is COc1ccccc1[C@@H](c1nnnn1Cc1cccs1)N1CCN(c2ccccc2)CC1. The molecular weight excluding hydrogens is 420 g/mol. The van der Waals surface area contributed by atoms with Crippen LogP contribution >= 0.6 is 11.3 Å². The lowest BCUT2D eigenvalue weighted by Gasteiger charge is -2.40. The van der Waals surface area contributed by atoms with Crippen LogP contribution in [0.5, 0.6) is 5.75 Å². The Bertz CT molecular complexity index is 1120. The summed E-state index contributed by atoms with van der Waals surface area (Å²) >= 11 is 1.72. The van der Waals surface area contributed by atoms with E-state index < -0.39 is 0 Å². The molecule has 4 aromatic rings. The molecule has 1 aliphatic rings. The summed E-state index contributed by atoms with van der Waals surface area (Å²) in [7, 11) is 1.72. The fourth-order valence-electron chi connectivity index (χ4n) is 4.34. The number of benzene rings is 2. The molecule has 0 aliphatic carbocycles. The third kappa shape index (κ3) is 4.24. The lowest BCUT2D eigenvalue weighted by Crippen LogP contribution is -2.48. The van der Waals surface area contributed by atoms with E-state index in [9.17, 15) is 0 Å². The van der Waals surface area contributed by atoms with Gasteiger partial charge < -0.3 is 9.64 Å². The fourth-order valence-corrected chi connectivity index (χ4v) is 5.02. The molecule has 1 atom stereocenters. The highest BCUT2D eigenvalue weighted by molar-refractivity contribution is 7.09. The first kappa shape index (κ1) is 20.7. The number of piperazine rings is 1. The minimum absolute atomic E-state index is 0.0842. The van der Waals surface area contributed by atoms with E-state index in [-0.39, 0.29) is 6.04 Å². The van der Waals surface area contributed by atoms with E-state index in [1.807, 2.05) is 16.8 Å². The van der Waals surface area contributed by atoms with Gasteiger partial charge in [-0.3, -0.25) is 4.90 Å². The first-order chi connectivity index (χ1) is 15.8. The number of hydrogen-bond donors (Lipinski definition) is 0. The van der Waals surface area contributed by atoms with Crippen LogP contribution in [0.15, 0.2) is 72.1 Å². The highest BCUT2D eigenvalue weighted by Crippen LogP contribution is 2.34. The molecule has 0 N–H and O–H groups in total. The quantitative estimate of drug-likeness (QED) is 0.431. The molecule has 0 bridgehead atoms. The van der Waals surface area contributed by atoms with Gasteiger partial charge in [-0.25, -0.2) is 4.68 Å². The molecule has 2 aromatic heterocycles. The maximum Gasteiger partial charge on any atom is 0.173 e. The zero-order valence-electron chi connectivity index (χ0n) is 18.0. The van der Waals surface area contributed by atoms with Gasteiger partial charge in [-0.2, -0.15) is 0 Å². The summed E-state index contributed by atoms with van der Waals surface area (Å²) in [6, 6.07) is 22.9. The molecule has 0 radical (unpaired) electrons. The largest absolute Gasteiger partial charge is 0.496 e. The number of rotatable bonds is 7. The summed E-state index contributed by atoms with van der Waals surface area (Å²) < 4.78 is 7.66. The van der Waals surface area contributed by atoms with Crippen molar-refractivity contribution in [1.82, 2.24) is 25.1 Å². The van der Waals surface area contributed by atoms with Crippen LogP contribution in [-0.2, 0) is 6.54 Å². The summed E-state index contributed by atoms with van der Waals surface area (Å²) in [5, 5.41) is 15.0. The highest BCUT2D eigenvalue weighted by Gasteiger charge is 2.32. The number of ether oxygens (including phenoxy) is 1. The zero-order valence-corrected chi connectivity index (χ0v) is 18.9. The Morgan fingerprint density at radius 2 is 1.72 bits per heavy atom. The van der Waals surface area contributed by atoms with Crippen molar-refractivity contribution in [2.75, 3.05) is 38.2 Å². The third-order valence-corrected chi connectivity index (χ3v) is 6.79. The fraction of sp³-hybridized carbons (Fsp3) is 0.292. The summed E-state index contributed by atoms with van der Waals surface area (Å²) in [6.07, 6.45) is 0. The monoisotopic (exact) mass is 446 g/mol. The van der Waals surface area contributed by atoms with Crippen molar-refractivity contribution < 1.29 is 4.74 Å². The van der Waals surface area contributed by atoms with Crippen molar-refractivity contribution in [2.45, 2.75) is 12.6 Å². The second kappa shape index (κ2) is 9.50. The van der Waals surface area contributed by atoms with Gasteiger partial charge in [0.2, 0.25) is 0 Å². The lowest BCUT2D eigenvalue weighted by atomic mass is 10.0. The predicted molar refractivity (Wildman–Crippen MR) is 126 cm³/mol. The molecule has 2 aromatic carbocycles. The maximum atomic E-state index is 5.74. The Balaban J connectivity index is 1.46. The number of methoxy groups -OCH3 is 1. The molecular formula is C24H26N6OS. The third-order valence-electron chi connectivity index (χ3n) is 5.92. The van der Waals surface area contributed by atoms with Gasteiger partial charge in [-0.05, 0) is 40.1 Å². The molecule has 164 valence electrons. The van der Waals surface area contributed by atoms with Crippen molar-refractivity contribution in [3.63, 3.8) is 0 Å². The standard InChI is InChI=1S/C24H26N6OS/c1-31-22-12-6-5-11-21(22)23(24-25-26-27-30(24)18-20-10-7-17-32-20)29-15-13-28(14-16-29)19-8-3-2-4-9-19/h2-12,17,23H,13-16,18H2,1H3/t23-/m0/s1. The Morgan fingerprint density at radius 1 is 0.938 bits per heavy atom. The maximum absolute atomic E-state index is 5.74. The van der Waals surface area contributed by atoms with Crippen molar-refractivity contribution in [3.8, 4) is 5.75 Å². The van der Waals surface area contributed by atoms with Crippen molar-refractivity contribution in [1.29, 1.82) is 0 Å². The van der Waals surface area contributed by atoms with Gasteiger partial charge in [0.1, 0.15) is 11.8 Å². The Kier molecular flexibility index (Phi) is 6.13. The van der Waals surface area contributed by atoms with E-state index in [1.165, 1.54) is 10.6 Å². The highest BCUT2D eigenvalue weighted by atomic mass is 32.1. The number of aromatic nitrogens is 4. The first-order valence-electron chi connectivity index (χ1n) is 10.8. The Morgan fingerprint density at radius 3 is 2.47 bits per heavy atom. The van der Waals surface area contributed by atoms with Crippen molar-refractivity contribution in [2.24, 2.45) is 0 Å². The van der Waals surface area contributed by atoms with E-state index >= 15 is 0 Å². The molecule has 0 spiro atoms. The molecule has 1 fully saturated rings. The van der Waals surface area contributed by atoms with Crippen LogP contribution in [0.25, 0.3) is 0 Å². The van der Waals surface area contributed by atoms with E-state index in [0.29, 0.717) is 6.54 Å². The molecule has 0 unspecified atom stereocenters. The summed E-state index contributed by atoms with van der Waals surface area (Å²) in [4.78, 5) is 6.13. The first-order valence-corrected chi connectivity index (χ1v) is 11.7. The molecule has 7 nitrogen and oxygen atoms in total. The van der Waals surface area contributed by atoms with Gasteiger partial charge in [-0.1, -0.05) is 42.5 Å². The molecule has 32 heavy (non-hydrogen) atoms. The van der Waals surface area contributed by atoms with Gasteiger partial charge in [0.25, 0.3) is 0 Å². The second-order valence-electron chi connectivity index (χ2n) is 7.78. The number of hydrogen-bond acceptors (Lipinski definition) is 7. The van der Waals surface area contributed by atoms with Gasteiger partial charge in [0.05, 0.1) is 13.7 Å². The van der Waals surface area contributed by atoms with Crippen molar-refractivity contribution in [3.05, 3.63) is 88.4 Å². The minimum Gasteiger partial charge on any atom is -0.496 e. The molecule has 1 aliphatic heterocycles. The smallest absolute Gasteiger partial charge is 0.173 e. The normalized spacial score (nSPS) is 15.6. The van der Waals surface area contributed by atoms with Crippen LogP contribution in [0.2, 0.25) is 0 Å². The Hall–Kier alpha value is -3.23. The average molecular weight is 447 g/mol. The topological polar surface area (TPSA) is 59.3 Å². The number of thiophene rings is 1. The van der Waals surface area contributed by atoms with Crippen molar-refractivity contribution >= 4 is 17.0 Å². The summed E-state index contributed by atoms with van der Waals surface area (Å²) in [5.74, 6) is 1.70. The summed E-state index contributed by atoms with van der Waals surface area (Å²) in [5.41, 5.74) is 2.36. The molecule has 8 heteroatoms. The molecule has 3 heterocycles. The predicted octanol–water partition coefficient (Wildman–Crippen LogP) is 3.70. The molecule has 1 saturated heterocycles. The second-order valence-corrected chi connectivity index (χ2v) is 8.81.